The van der Waals surface area contributed by atoms with E-state index in [9.17, 15) is 0 Å². The number of rotatable bonds is 9. The van der Waals surface area contributed by atoms with E-state index in [1.807, 2.05) is 12.1 Å². The maximum atomic E-state index is 5.83. The molecule has 2 rings (SSSR count). The van der Waals surface area contributed by atoms with Crippen LogP contribution in [0.2, 0.25) is 0 Å². The smallest absolute Gasteiger partial charge is 0.0589 e. The molecule has 1 aliphatic rings. The van der Waals surface area contributed by atoms with E-state index in [1.54, 1.807) is 7.11 Å². The summed E-state index contributed by atoms with van der Waals surface area (Å²) in [7, 11) is 1.78. The number of anilines is 1. The van der Waals surface area contributed by atoms with Gasteiger partial charge in [-0.2, -0.15) is 0 Å². The van der Waals surface area contributed by atoms with Gasteiger partial charge in [0.2, 0.25) is 0 Å². The Kier molecular flexibility index (Phi) is 5.86. The van der Waals surface area contributed by atoms with Crippen LogP contribution < -0.4 is 5.73 Å². The van der Waals surface area contributed by atoms with Gasteiger partial charge in [0.15, 0.2) is 0 Å². The van der Waals surface area contributed by atoms with Gasteiger partial charge in [-0.25, -0.2) is 0 Å². The molecule has 0 radical (unpaired) electrons. The largest absolute Gasteiger partial charge is 0.399 e. The molecule has 3 heteroatoms. The number of benzene rings is 1. The molecule has 0 aliphatic heterocycles. The zero-order chi connectivity index (χ0) is 14.4. The molecular weight excluding hydrogens is 248 g/mol. The maximum Gasteiger partial charge on any atom is 0.0589 e. The monoisotopic (exact) mass is 276 g/mol. The lowest BCUT2D eigenvalue weighted by atomic mass is 10.1. The topological polar surface area (TPSA) is 38.5 Å². The summed E-state index contributed by atoms with van der Waals surface area (Å²) in [6, 6.07) is 8.94. The van der Waals surface area contributed by atoms with Crippen molar-refractivity contribution in [3.63, 3.8) is 0 Å². The highest BCUT2D eigenvalue weighted by atomic mass is 16.5. The number of methoxy groups -OCH3 is 1. The highest BCUT2D eigenvalue weighted by molar-refractivity contribution is 5.40. The van der Waals surface area contributed by atoms with E-state index in [2.05, 4.69) is 24.0 Å². The van der Waals surface area contributed by atoms with Crippen LogP contribution >= 0.6 is 0 Å². The van der Waals surface area contributed by atoms with Crippen molar-refractivity contribution in [3.05, 3.63) is 29.8 Å². The van der Waals surface area contributed by atoms with Crippen molar-refractivity contribution in [1.82, 2.24) is 4.90 Å². The first-order valence-corrected chi connectivity index (χ1v) is 7.78. The molecule has 1 aromatic carbocycles. The Morgan fingerprint density at radius 1 is 1.35 bits per heavy atom. The van der Waals surface area contributed by atoms with Crippen molar-refractivity contribution in [2.45, 2.75) is 38.6 Å². The summed E-state index contributed by atoms with van der Waals surface area (Å²) in [5.41, 5.74) is 8.03. The van der Waals surface area contributed by atoms with Crippen LogP contribution in [-0.2, 0) is 11.2 Å². The van der Waals surface area contributed by atoms with Crippen molar-refractivity contribution in [3.8, 4) is 0 Å². The zero-order valence-corrected chi connectivity index (χ0v) is 12.8. The predicted molar refractivity (Wildman–Crippen MR) is 84.8 cm³/mol. The Hall–Kier alpha value is -1.06. The first-order valence-electron chi connectivity index (χ1n) is 7.78. The quantitative estimate of drug-likeness (QED) is 0.705. The van der Waals surface area contributed by atoms with E-state index in [4.69, 9.17) is 10.5 Å². The van der Waals surface area contributed by atoms with Gasteiger partial charge in [0.1, 0.15) is 0 Å². The standard InChI is InChI=1S/C17H28N2O/c1-14(16-8-9-16)19(11-12-20-2)10-4-6-15-5-3-7-17(18)13-15/h3,5,7,13-14,16H,4,6,8-12,18H2,1-2H3. The van der Waals surface area contributed by atoms with Crippen LogP contribution in [0.4, 0.5) is 5.69 Å². The third-order valence-corrected chi connectivity index (χ3v) is 4.32. The second-order valence-corrected chi connectivity index (χ2v) is 5.96. The Morgan fingerprint density at radius 3 is 2.80 bits per heavy atom. The summed E-state index contributed by atoms with van der Waals surface area (Å²) < 4.78 is 5.24. The first-order chi connectivity index (χ1) is 9.70. The normalized spacial score (nSPS) is 16.6. The fraction of sp³-hybridized carbons (Fsp3) is 0.647. The molecule has 1 atom stereocenters. The van der Waals surface area contributed by atoms with Crippen LogP contribution in [-0.4, -0.2) is 37.7 Å². The second kappa shape index (κ2) is 7.65. The minimum atomic E-state index is 0.700. The summed E-state index contributed by atoms with van der Waals surface area (Å²) in [5.74, 6) is 0.916. The van der Waals surface area contributed by atoms with Crippen molar-refractivity contribution in [2.75, 3.05) is 32.5 Å². The minimum absolute atomic E-state index is 0.700. The third kappa shape index (κ3) is 4.80. The molecule has 0 heterocycles. The van der Waals surface area contributed by atoms with Gasteiger partial charge in [-0.3, -0.25) is 4.90 Å². The molecule has 112 valence electrons. The predicted octanol–water partition coefficient (Wildman–Crippen LogP) is 2.95. The van der Waals surface area contributed by atoms with Crippen LogP contribution in [0, 0.1) is 5.92 Å². The molecule has 1 unspecified atom stereocenters. The van der Waals surface area contributed by atoms with E-state index in [0.717, 1.165) is 37.7 Å². The fourth-order valence-corrected chi connectivity index (χ4v) is 2.84. The van der Waals surface area contributed by atoms with Gasteiger partial charge >= 0.3 is 0 Å². The van der Waals surface area contributed by atoms with Crippen LogP contribution in [0.3, 0.4) is 0 Å². The molecule has 0 saturated heterocycles. The fourth-order valence-electron chi connectivity index (χ4n) is 2.84. The van der Waals surface area contributed by atoms with Gasteiger partial charge in [0.05, 0.1) is 6.61 Å². The van der Waals surface area contributed by atoms with Crippen LogP contribution in [0.15, 0.2) is 24.3 Å². The average Bonchev–Trinajstić information content (AvgIpc) is 3.26. The summed E-state index contributed by atoms with van der Waals surface area (Å²) in [6.07, 6.45) is 5.09. The minimum Gasteiger partial charge on any atom is -0.399 e. The molecule has 0 bridgehead atoms. The molecule has 1 aliphatic carbocycles. The molecular formula is C17H28N2O. The van der Waals surface area contributed by atoms with E-state index in [-0.39, 0.29) is 0 Å². The number of aryl methyl sites for hydroxylation is 1. The van der Waals surface area contributed by atoms with E-state index >= 15 is 0 Å². The van der Waals surface area contributed by atoms with Gasteiger partial charge in [0.25, 0.3) is 0 Å². The molecule has 1 aromatic rings. The molecule has 0 spiro atoms. The summed E-state index contributed by atoms with van der Waals surface area (Å²) in [6.45, 7) is 5.39. The number of nitrogens with two attached hydrogens (primary N) is 1. The molecule has 0 aromatic heterocycles. The Balaban J connectivity index is 1.78. The zero-order valence-electron chi connectivity index (χ0n) is 12.8. The molecule has 2 N–H and O–H groups in total. The lowest BCUT2D eigenvalue weighted by Crippen LogP contribution is -2.38. The van der Waals surface area contributed by atoms with Crippen molar-refractivity contribution < 1.29 is 4.74 Å². The molecule has 3 nitrogen and oxygen atoms in total. The van der Waals surface area contributed by atoms with Crippen LogP contribution in [0.1, 0.15) is 31.7 Å². The van der Waals surface area contributed by atoms with Gasteiger partial charge in [-0.15, -0.1) is 0 Å². The molecule has 1 saturated carbocycles. The van der Waals surface area contributed by atoms with E-state index < -0.39 is 0 Å². The Morgan fingerprint density at radius 2 is 2.15 bits per heavy atom. The van der Waals surface area contributed by atoms with Crippen molar-refractivity contribution >= 4 is 5.69 Å². The summed E-state index contributed by atoms with van der Waals surface area (Å²) in [5, 5.41) is 0. The SMILES string of the molecule is COCCN(CCCc1cccc(N)c1)C(C)C1CC1. The van der Waals surface area contributed by atoms with E-state index in [0.29, 0.717) is 6.04 Å². The van der Waals surface area contributed by atoms with Crippen molar-refractivity contribution in [1.29, 1.82) is 0 Å². The first kappa shape index (κ1) is 15.3. The number of nitrogen functional groups attached to an aromatic ring is 1. The number of nitrogens with zero attached hydrogens (tertiary/aromatic N) is 1. The summed E-state index contributed by atoms with van der Waals surface area (Å²) in [4.78, 5) is 2.59. The molecule has 1 fully saturated rings. The molecule has 20 heavy (non-hydrogen) atoms. The van der Waals surface area contributed by atoms with Gasteiger partial charge in [0, 0.05) is 25.4 Å². The highest BCUT2D eigenvalue weighted by Crippen LogP contribution is 2.35. The highest BCUT2D eigenvalue weighted by Gasteiger charge is 2.31. The third-order valence-electron chi connectivity index (χ3n) is 4.32. The number of hydrogen-bond acceptors (Lipinski definition) is 3. The van der Waals surface area contributed by atoms with Gasteiger partial charge < -0.3 is 10.5 Å². The maximum absolute atomic E-state index is 5.83. The average molecular weight is 276 g/mol. The lowest BCUT2D eigenvalue weighted by molar-refractivity contribution is 0.116. The number of hydrogen-bond donors (Lipinski definition) is 1. The van der Waals surface area contributed by atoms with E-state index in [1.165, 1.54) is 24.8 Å². The Bertz CT molecular complexity index is 404. The molecule has 0 amide bonds. The van der Waals surface area contributed by atoms with Crippen LogP contribution in [0.5, 0.6) is 0 Å². The van der Waals surface area contributed by atoms with Gasteiger partial charge in [-0.05, 0) is 62.8 Å². The number of ether oxygens (including phenoxy) is 1. The van der Waals surface area contributed by atoms with Crippen LogP contribution in [0.25, 0.3) is 0 Å². The van der Waals surface area contributed by atoms with Crippen molar-refractivity contribution in [2.24, 2.45) is 5.92 Å². The Labute approximate surface area is 123 Å². The van der Waals surface area contributed by atoms with Gasteiger partial charge in [-0.1, -0.05) is 12.1 Å². The lowest BCUT2D eigenvalue weighted by Gasteiger charge is -2.29. The summed E-state index contributed by atoms with van der Waals surface area (Å²) >= 11 is 0. The second-order valence-electron chi connectivity index (χ2n) is 5.96.